The highest BCUT2D eigenvalue weighted by Gasteiger charge is 2.24. The van der Waals surface area contributed by atoms with Crippen molar-refractivity contribution in [1.82, 2.24) is 10.2 Å². The molecular formula is C24H28N2O3S. The molecule has 0 saturated carbocycles. The molecule has 0 spiro atoms. The number of thioether (sulfide) groups is 1. The zero-order valence-electron chi connectivity index (χ0n) is 17.3. The average Bonchev–Trinajstić information content (AvgIpc) is 2.76. The van der Waals surface area contributed by atoms with Gasteiger partial charge in [0.1, 0.15) is 18.4 Å². The summed E-state index contributed by atoms with van der Waals surface area (Å²) in [7, 11) is 0. The van der Waals surface area contributed by atoms with E-state index in [4.69, 9.17) is 4.74 Å². The highest BCUT2D eigenvalue weighted by atomic mass is 32.2. The molecular weight excluding hydrogens is 396 g/mol. The normalized spacial score (nSPS) is 11.2. The molecule has 5 nitrogen and oxygen atoms in total. The first-order chi connectivity index (χ1) is 14.5. The van der Waals surface area contributed by atoms with Gasteiger partial charge in [-0.25, -0.2) is 0 Å². The van der Waals surface area contributed by atoms with Crippen molar-refractivity contribution in [2.75, 3.05) is 18.8 Å². The molecule has 1 atom stereocenters. The SMILES string of the molecule is C=CCN(CC=C)C(=O)C(CSc1ccc(OCc2ccccc2)cc1)NC(C)=O. The summed E-state index contributed by atoms with van der Waals surface area (Å²) in [6.45, 7) is 10.1. The van der Waals surface area contributed by atoms with Crippen LogP contribution in [-0.2, 0) is 16.2 Å². The zero-order chi connectivity index (χ0) is 21.8. The van der Waals surface area contributed by atoms with E-state index in [0.29, 0.717) is 25.4 Å². The maximum Gasteiger partial charge on any atom is 0.246 e. The Balaban J connectivity index is 1.95. The topological polar surface area (TPSA) is 58.6 Å². The fraction of sp³-hybridized carbons (Fsp3) is 0.250. The van der Waals surface area contributed by atoms with Crippen LogP contribution in [0, 0.1) is 0 Å². The van der Waals surface area contributed by atoms with E-state index in [1.54, 1.807) is 17.1 Å². The molecule has 0 aromatic heterocycles. The van der Waals surface area contributed by atoms with Crippen LogP contribution in [0.4, 0.5) is 0 Å². The fourth-order valence-corrected chi connectivity index (χ4v) is 3.67. The summed E-state index contributed by atoms with van der Waals surface area (Å²) in [5, 5.41) is 2.75. The lowest BCUT2D eigenvalue weighted by molar-refractivity contribution is -0.134. The van der Waals surface area contributed by atoms with Crippen LogP contribution in [0.5, 0.6) is 5.75 Å². The van der Waals surface area contributed by atoms with Gasteiger partial charge in [-0.1, -0.05) is 42.5 Å². The summed E-state index contributed by atoms with van der Waals surface area (Å²) in [4.78, 5) is 27.0. The first kappa shape index (κ1) is 23.3. The van der Waals surface area contributed by atoms with Gasteiger partial charge in [0.05, 0.1) is 0 Å². The van der Waals surface area contributed by atoms with E-state index in [0.717, 1.165) is 16.2 Å². The van der Waals surface area contributed by atoms with Gasteiger partial charge in [-0.15, -0.1) is 24.9 Å². The van der Waals surface area contributed by atoms with Gasteiger partial charge in [-0.3, -0.25) is 9.59 Å². The van der Waals surface area contributed by atoms with Crippen LogP contribution in [0.15, 0.2) is 84.8 Å². The smallest absolute Gasteiger partial charge is 0.246 e. The van der Waals surface area contributed by atoms with Crippen LogP contribution in [0.2, 0.25) is 0 Å². The third-order valence-corrected chi connectivity index (χ3v) is 5.28. The monoisotopic (exact) mass is 424 g/mol. The van der Waals surface area contributed by atoms with Gasteiger partial charge in [0.2, 0.25) is 11.8 Å². The number of rotatable bonds is 12. The molecule has 30 heavy (non-hydrogen) atoms. The van der Waals surface area contributed by atoms with Crippen molar-refractivity contribution < 1.29 is 14.3 Å². The average molecular weight is 425 g/mol. The molecule has 2 amide bonds. The number of hydrogen-bond acceptors (Lipinski definition) is 4. The van der Waals surface area contributed by atoms with Gasteiger partial charge < -0.3 is 15.0 Å². The van der Waals surface area contributed by atoms with Crippen molar-refractivity contribution in [1.29, 1.82) is 0 Å². The predicted molar refractivity (Wildman–Crippen MR) is 123 cm³/mol. The maximum absolute atomic E-state index is 12.8. The van der Waals surface area contributed by atoms with Crippen LogP contribution in [0.3, 0.4) is 0 Å². The van der Waals surface area contributed by atoms with E-state index < -0.39 is 6.04 Å². The van der Waals surface area contributed by atoms with Gasteiger partial charge in [-0.05, 0) is 29.8 Å². The van der Waals surface area contributed by atoms with E-state index in [-0.39, 0.29) is 11.8 Å². The first-order valence-corrected chi connectivity index (χ1v) is 10.7. The maximum atomic E-state index is 12.8. The largest absolute Gasteiger partial charge is 0.489 e. The first-order valence-electron chi connectivity index (χ1n) is 9.70. The molecule has 0 saturated heterocycles. The number of ether oxygens (including phenoxy) is 1. The Morgan fingerprint density at radius 1 is 1.07 bits per heavy atom. The van der Waals surface area contributed by atoms with Gasteiger partial charge >= 0.3 is 0 Å². The summed E-state index contributed by atoms with van der Waals surface area (Å²) in [5.74, 6) is 0.810. The molecule has 2 aromatic rings. The number of carbonyl (C=O) groups excluding carboxylic acids is 2. The van der Waals surface area contributed by atoms with Crippen LogP contribution < -0.4 is 10.1 Å². The second kappa shape index (κ2) is 12.5. The number of hydrogen-bond donors (Lipinski definition) is 1. The second-order valence-electron chi connectivity index (χ2n) is 6.63. The molecule has 0 bridgehead atoms. The van der Waals surface area contributed by atoms with E-state index >= 15 is 0 Å². The Kier molecular flexibility index (Phi) is 9.74. The van der Waals surface area contributed by atoms with Crippen molar-refractivity contribution in [3.63, 3.8) is 0 Å². The quantitative estimate of drug-likeness (QED) is 0.412. The lowest BCUT2D eigenvalue weighted by atomic mass is 10.2. The summed E-state index contributed by atoms with van der Waals surface area (Å²) in [6.07, 6.45) is 3.32. The number of nitrogens with zero attached hydrogens (tertiary/aromatic N) is 1. The molecule has 0 aliphatic heterocycles. The Bertz CT molecular complexity index is 827. The number of nitrogens with one attached hydrogen (secondary N) is 1. The Hall–Kier alpha value is -2.99. The minimum absolute atomic E-state index is 0.152. The summed E-state index contributed by atoms with van der Waals surface area (Å²) in [6, 6.07) is 17.1. The van der Waals surface area contributed by atoms with Crippen molar-refractivity contribution in [3.05, 3.63) is 85.5 Å². The van der Waals surface area contributed by atoms with Crippen molar-refractivity contribution in [2.45, 2.75) is 24.5 Å². The van der Waals surface area contributed by atoms with Gasteiger partial charge in [0.25, 0.3) is 0 Å². The molecule has 2 rings (SSSR count). The molecule has 0 aliphatic carbocycles. The molecule has 6 heteroatoms. The number of amides is 2. The third-order valence-electron chi connectivity index (χ3n) is 4.17. The van der Waals surface area contributed by atoms with Crippen molar-refractivity contribution in [2.24, 2.45) is 0 Å². The molecule has 0 heterocycles. The minimum atomic E-state index is -0.624. The molecule has 0 radical (unpaired) electrons. The highest BCUT2D eigenvalue weighted by molar-refractivity contribution is 7.99. The molecule has 1 N–H and O–H groups in total. The van der Waals surface area contributed by atoms with Crippen molar-refractivity contribution >= 4 is 23.6 Å². The van der Waals surface area contributed by atoms with Gasteiger partial charge in [-0.2, -0.15) is 0 Å². The van der Waals surface area contributed by atoms with E-state index in [9.17, 15) is 9.59 Å². The van der Waals surface area contributed by atoms with Crippen LogP contribution in [0.25, 0.3) is 0 Å². The van der Waals surface area contributed by atoms with Crippen LogP contribution in [-0.4, -0.2) is 41.6 Å². The van der Waals surface area contributed by atoms with E-state index in [1.807, 2.05) is 54.6 Å². The Labute approximate surface area is 182 Å². The standard InChI is InChI=1S/C24H28N2O3S/c1-4-15-26(16-5-2)24(28)23(25-19(3)27)18-30-22-13-11-21(12-14-22)29-17-20-9-7-6-8-10-20/h4-14,23H,1-2,15-18H2,3H3,(H,25,27). The fourth-order valence-electron chi connectivity index (χ4n) is 2.76. The number of benzene rings is 2. The predicted octanol–water partition coefficient (Wildman–Crippen LogP) is 4.06. The molecule has 0 aliphatic rings. The molecule has 2 aromatic carbocycles. The summed E-state index contributed by atoms with van der Waals surface area (Å²) < 4.78 is 5.80. The van der Waals surface area contributed by atoms with Crippen molar-refractivity contribution in [3.8, 4) is 5.75 Å². The van der Waals surface area contributed by atoms with Crippen LogP contribution in [0.1, 0.15) is 12.5 Å². The molecule has 1 unspecified atom stereocenters. The second-order valence-corrected chi connectivity index (χ2v) is 7.72. The van der Waals surface area contributed by atoms with E-state index in [1.165, 1.54) is 18.7 Å². The minimum Gasteiger partial charge on any atom is -0.489 e. The third kappa shape index (κ3) is 7.79. The highest BCUT2D eigenvalue weighted by Crippen LogP contribution is 2.23. The lowest BCUT2D eigenvalue weighted by Gasteiger charge is -2.25. The van der Waals surface area contributed by atoms with Gasteiger partial charge in [0.15, 0.2) is 0 Å². The lowest BCUT2D eigenvalue weighted by Crippen LogP contribution is -2.49. The summed E-state index contributed by atoms with van der Waals surface area (Å²) in [5.41, 5.74) is 1.11. The molecule has 0 fully saturated rings. The Morgan fingerprint density at radius 3 is 2.27 bits per heavy atom. The Morgan fingerprint density at radius 2 is 1.70 bits per heavy atom. The summed E-state index contributed by atoms with van der Waals surface area (Å²) >= 11 is 1.51. The van der Waals surface area contributed by atoms with E-state index in [2.05, 4.69) is 18.5 Å². The van der Waals surface area contributed by atoms with Crippen LogP contribution >= 0.6 is 11.8 Å². The zero-order valence-corrected chi connectivity index (χ0v) is 18.1. The number of carbonyl (C=O) groups is 2. The van der Waals surface area contributed by atoms with Gasteiger partial charge in [0, 0.05) is 30.7 Å². The molecule has 158 valence electrons.